The standard InChI is InChI=1S/C16H24N2O2S/c1-12-4-5-14(21-12)10-18-8-6-16(7-9-18)13(2)17(3)15(19)11-20-16/h4-5,13H,6-11H2,1-3H3/t13-/m1/s1. The summed E-state index contributed by atoms with van der Waals surface area (Å²) in [6.07, 6.45) is 2.02. The van der Waals surface area contributed by atoms with E-state index in [4.69, 9.17) is 4.74 Å². The van der Waals surface area contributed by atoms with Gasteiger partial charge in [0.15, 0.2) is 0 Å². The fourth-order valence-electron chi connectivity index (χ4n) is 3.44. The van der Waals surface area contributed by atoms with Gasteiger partial charge in [-0.15, -0.1) is 11.3 Å². The fourth-order valence-corrected chi connectivity index (χ4v) is 4.37. The van der Waals surface area contributed by atoms with E-state index < -0.39 is 0 Å². The predicted molar refractivity (Wildman–Crippen MR) is 84.5 cm³/mol. The zero-order valence-electron chi connectivity index (χ0n) is 13.1. The van der Waals surface area contributed by atoms with Crippen LogP contribution in [0.3, 0.4) is 0 Å². The van der Waals surface area contributed by atoms with E-state index in [1.807, 2.05) is 23.3 Å². The second-order valence-electron chi connectivity index (χ2n) is 6.32. The minimum Gasteiger partial charge on any atom is -0.363 e. The van der Waals surface area contributed by atoms with E-state index in [9.17, 15) is 4.79 Å². The maximum Gasteiger partial charge on any atom is 0.248 e. The normalized spacial score (nSPS) is 26.5. The van der Waals surface area contributed by atoms with E-state index >= 15 is 0 Å². The first-order valence-electron chi connectivity index (χ1n) is 7.67. The smallest absolute Gasteiger partial charge is 0.248 e. The Bertz CT molecular complexity index is 520. The van der Waals surface area contributed by atoms with Gasteiger partial charge in [-0.05, 0) is 38.8 Å². The highest BCUT2D eigenvalue weighted by molar-refractivity contribution is 7.11. The van der Waals surface area contributed by atoms with Crippen LogP contribution in [0.1, 0.15) is 29.5 Å². The van der Waals surface area contributed by atoms with Crippen molar-refractivity contribution < 1.29 is 9.53 Å². The monoisotopic (exact) mass is 308 g/mol. The summed E-state index contributed by atoms with van der Waals surface area (Å²) in [5.74, 6) is 0.101. The summed E-state index contributed by atoms with van der Waals surface area (Å²) < 4.78 is 5.99. The Kier molecular flexibility index (Phi) is 4.08. The number of hydrogen-bond acceptors (Lipinski definition) is 4. The maximum atomic E-state index is 11.7. The van der Waals surface area contributed by atoms with Crippen LogP contribution in [0.5, 0.6) is 0 Å². The Morgan fingerprint density at radius 3 is 2.71 bits per heavy atom. The average molecular weight is 308 g/mol. The molecule has 3 rings (SSSR count). The largest absolute Gasteiger partial charge is 0.363 e. The molecule has 0 saturated carbocycles. The highest BCUT2D eigenvalue weighted by atomic mass is 32.1. The number of morpholine rings is 1. The highest BCUT2D eigenvalue weighted by Crippen LogP contribution is 2.35. The van der Waals surface area contributed by atoms with E-state index in [1.54, 1.807) is 0 Å². The minimum atomic E-state index is -0.134. The molecule has 0 radical (unpaired) electrons. The van der Waals surface area contributed by atoms with Gasteiger partial charge in [0, 0.05) is 36.4 Å². The van der Waals surface area contributed by atoms with Crippen LogP contribution < -0.4 is 0 Å². The van der Waals surface area contributed by atoms with Crippen LogP contribution >= 0.6 is 11.3 Å². The van der Waals surface area contributed by atoms with Crippen molar-refractivity contribution in [3.8, 4) is 0 Å². The maximum absolute atomic E-state index is 11.7. The number of thiophene rings is 1. The molecule has 0 N–H and O–H groups in total. The van der Waals surface area contributed by atoms with Crippen molar-refractivity contribution in [2.75, 3.05) is 26.7 Å². The Morgan fingerprint density at radius 2 is 2.10 bits per heavy atom. The van der Waals surface area contributed by atoms with Crippen LogP contribution in [0.4, 0.5) is 0 Å². The SMILES string of the molecule is Cc1ccc(CN2CCC3(CC2)OCC(=O)N(C)[C@@H]3C)s1. The molecule has 2 aliphatic heterocycles. The third kappa shape index (κ3) is 2.87. The molecule has 0 aromatic carbocycles. The number of hydrogen-bond donors (Lipinski definition) is 0. The molecule has 2 fully saturated rings. The number of likely N-dealkylation sites (N-methyl/N-ethyl adjacent to an activating group) is 1. The molecule has 116 valence electrons. The molecule has 2 saturated heterocycles. The topological polar surface area (TPSA) is 32.8 Å². The van der Waals surface area contributed by atoms with E-state index in [-0.39, 0.29) is 24.2 Å². The number of aryl methyl sites for hydroxylation is 1. The summed E-state index contributed by atoms with van der Waals surface area (Å²) in [5, 5.41) is 0. The van der Waals surface area contributed by atoms with Crippen molar-refractivity contribution in [3.63, 3.8) is 0 Å². The molecular formula is C16H24N2O2S. The zero-order valence-corrected chi connectivity index (χ0v) is 13.9. The molecule has 1 aromatic rings. The van der Waals surface area contributed by atoms with E-state index in [1.165, 1.54) is 9.75 Å². The van der Waals surface area contributed by atoms with Gasteiger partial charge >= 0.3 is 0 Å². The Hall–Kier alpha value is -0.910. The molecule has 0 bridgehead atoms. The van der Waals surface area contributed by atoms with Gasteiger partial charge in [-0.2, -0.15) is 0 Å². The second kappa shape index (κ2) is 5.71. The molecule has 5 heteroatoms. The van der Waals surface area contributed by atoms with Crippen LogP contribution in [-0.2, 0) is 16.1 Å². The van der Waals surface area contributed by atoms with Gasteiger partial charge in [-0.1, -0.05) is 0 Å². The third-order valence-electron chi connectivity index (χ3n) is 5.10. The van der Waals surface area contributed by atoms with Crippen LogP contribution in [0.2, 0.25) is 0 Å². The summed E-state index contributed by atoms with van der Waals surface area (Å²) in [6, 6.07) is 4.60. The summed E-state index contributed by atoms with van der Waals surface area (Å²) in [4.78, 5) is 18.9. The summed E-state index contributed by atoms with van der Waals surface area (Å²) >= 11 is 1.88. The van der Waals surface area contributed by atoms with Crippen molar-refractivity contribution in [2.45, 2.75) is 44.9 Å². The first kappa shape index (κ1) is 15.0. The average Bonchev–Trinajstić information content (AvgIpc) is 2.89. The van der Waals surface area contributed by atoms with Gasteiger partial charge in [0.05, 0.1) is 11.6 Å². The number of ether oxygens (including phenoxy) is 1. The molecule has 4 nitrogen and oxygen atoms in total. The van der Waals surface area contributed by atoms with Gasteiger partial charge in [0.2, 0.25) is 5.91 Å². The van der Waals surface area contributed by atoms with Crippen molar-refractivity contribution in [1.82, 2.24) is 9.80 Å². The first-order chi connectivity index (χ1) is 10.00. The van der Waals surface area contributed by atoms with Crippen LogP contribution in [0.15, 0.2) is 12.1 Å². The molecule has 3 heterocycles. The molecular weight excluding hydrogens is 284 g/mol. The molecule has 2 aliphatic rings. The van der Waals surface area contributed by atoms with Gasteiger partial charge in [-0.25, -0.2) is 0 Å². The fraction of sp³-hybridized carbons (Fsp3) is 0.688. The van der Waals surface area contributed by atoms with Gasteiger partial charge in [0.25, 0.3) is 0 Å². The lowest BCUT2D eigenvalue weighted by molar-refractivity contribution is -0.183. The van der Waals surface area contributed by atoms with E-state index in [0.29, 0.717) is 0 Å². The van der Waals surface area contributed by atoms with Crippen molar-refractivity contribution >= 4 is 17.2 Å². The van der Waals surface area contributed by atoms with Crippen molar-refractivity contribution in [2.24, 2.45) is 0 Å². The summed E-state index contributed by atoms with van der Waals surface area (Å²) in [7, 11) is 1.90. The number of rotatable bonds is 2. The molecule has 21 heavy (non-hydrogen) atoms. The Labute approximate surface area is 130 Å². The number of carbonyl (C=O) groups is 1. The lowest BCUT2D eigenvalue weighted by Crippen LogP contribution is -2.62. The number of amides is 1. The lowest BCUT2D eigenvalue weighted by atomic mass is 9.83. The van der Waals surface area contributed by atoms with Crippen LogP contribution in [0.25, 0.3) is 0 Å². The van der Waals surface area contributed by atoms with E-state index in [2.05, 4.69) is 30.9 Å². The number of piperidine rings is 1. The van der Waals surface area contributed by atoms with Crippen LogP contribution in [-0.4, -0.2) is 54.1 Å². The number of carbonyl (C=O) groups excluding carboxylic acids is 1. The second-order valence-corrected chi connectivity index (χ2v) is 7.70. The lowest BCUT2D eigenvalue weighted by Gasteiger charge is -2.50. The summed E-state index contributed by atoms with van der Waals surface area (Å²) in [5.41, 5.74) is -0.134. The highest BCUT2D eigenvalue weighted by Gasteiger charge is 2.46. The number of likely N-dealkylation sites (tertiary alicyclic amines) is 1. The van der Waals surface area contributed by atoms with Crippen LogP contribution in [0, 0.1) is 6.92 Å². The molecule has 1 aromatic heterocycles. The Balaban J connectivity index is 1.60. The third-order valence-corrected chi connectivity index (χ3v) is 6.08. The molecule has 0 aliphatic carbocycles. The summed E-state index contributed by atoms with van der Waals surface area (Å²) in [6.45, 7) is 7.65. The molecule has 1 atom stereocenters. The Morgan fingerprint density at radius 1 is 1.38 bits per heavy atom. The van der Waals surface area contributed by atoms with Gasteiger partial charge in [-0.3, -0.25) is 9.69 Å². The predicted octanol–water partition coefficient (Wildman–Crippen LogP) is 2.27. The quantitative estimate of drug-likeness (QED) is 0.840. The molecule has 1 spiro atoms. The minimum absolute atomic E-state index is 0.101. The van der Waals surface area contributed by atoms with Crippen molar-refractivity contribution in [3.05, 3.63) is 21.9 Å². The van der Waals surface area contributed by atoms with Gasteiger partial charge < -0.3 is 9.64 Å². The zero-order chi connectivity index (χ0) is 15.0. The van der Waals surface area contributed by atoms with E-state index in [0.717, 1.165) is 32.5 Å². The number of nitrogens with zero attached hydrogens (tertiary/aromatic N) is 2. The first-order valence-corrected chi connectivity index (χ1v) is 8.49. The molecule has 0 unspecified atom stereocenters. The molecule has 1 amide bonds. The van der Waals surface area contributed by atoms with Crippen molar-refractivity contribution in [1.29, 1.82) is 0 Å². The van der Waals surface area contributed by atoms with Gasteiger partial charge in [0.1, 0.15) is 6.61 Å².